The van der Waals surface area contributed by atoms with Crippen LogP contribution < -0.4 is 15.2 Å². The Balaban J connectivity index is 2.25. The topological polar surface area (TPSA) is 58.2 Å². The van der Waals surface area contributed by atoms with E-state index >= 15 is 0 Å². The van der Waals surface area contributed by atoms with Gasteiger partial charge < -0.3 is 9.64 Å². The number of nitrogens with one attached hydrogen (secondary N) is 1. The molecule has 0 spiro atoms. The molecule has 2 rings (SSSR count). The van der Waals surface area contributed by atoms with E-state index < -0.39 is 0 Å². The van der Waals surface area contributed by atoms with Gasteiger partial charge in [-0.15, -0.1) is 0 Å². The fourth-order valence-electron chi connectivity index (χ4n) is 1.30. The van der Waals surface area contributed by atoms with Crippen LogP contribution in [0.2, 0.25) is 5.02 Å². The van der Waals surface area contributed by atoms with Crippen molar-refractivity contribution in [1.82, 2.24) is 9.97 Å². The van der Waals surface area contributed by atoms with Gasteiger partial charge in [-0.3, -0.25) is 9.78 Å². The molecule has 1 heterocycles. The lowest BCUT2D eigenvalue weighted by atomic mass is 10.3. The predicted octanol–water partition coefficient (Wildman–Crippen LogP) is 2.28. The van der Waals surface area contributed by atoms with Gasteiger partial charge in [0.1, 0.15) is 5.75 Å². The van der Waals surface area contributed by atoms with Crippen molar-refractivity contribution in [1.29, 1.82) is 0 Å². The van der Waals surface area contributed by atoms with E-state index in [1.165, 1.54) is 6.20 Å². The summed E-state index contributed by atoms with van der Waals surface area (Å²) in [5.74, 6) is 1.15. The van der Waals surface area contributed by atoms with Gasteiger partial charge >= 0.3 is 0 Å². The molecular weight excluding hydrogens is 254 g/mol. The van der Waals surface area contributed by atoms with Crippen molar-refractivity contribution in [2.75, 3.05) is 19.0 Å². The zero-order chi connectivity index (χ0) is 13.1. The number of benzene rings is 1. The summed E-state index contributed by atoms with van der Waals surface area (Å²) in [4.78, 5) is 20.1. The number of rotatable bonds is 3. The van der Waals surface area contributed by atoms with Gasteiger partial charge in [0.05, 0.1) is 6.20 Å². The van der Waals surface area contributed by atoms with Crippen LogP contribution in [0.1, 0.15) is 0 Å². The number of halogens is 1. The van der Waals surface area contributed by atoms with E-state index in [9.17, 15) is 4.79 Å². The van der Waals surface area contributed by atoms with E-state index in [4.69, 9.17) is 16.3 Å². The first-order valence-corrected chi connectivity index (χ1v) is 5.64. The molecule has 94 valence electrons. The first-order valence-electron chi connectivity index (χ1n) is 5.26. The summed E-state index contributed by atoms with van der Waals surface area (Å²) >= 11 is 5.76. The third-order valence-corrected chi connectivity index (χ3v) is 2.47. The molecule has 0 saturated heterocycles. The molecule has 0 atom stereocenters. The molecule has 2 aromatic rings. The van der Waals surface area contributed by atoms with Gasteiger partial charge in [0.15, 0.2) is 0 Å². The van der Waals surface area contributed by atoms with E-state index in [-0.39, 0.29) is 11.3 Å². The van der Waals surface area contributed by atoms with Gasteiger partial charge in [0.2, 0.25) is 11.7 Å². The van der Waals surface area contributed by atoms with E-state index in [1.54, 1.807) is 43.3 Å². The number of nitrogens with zero attached hydrogens (tertiary/aromatic N) is 2. The third-order valence-electron chi connectivity index (χ3n) is 2.22. The highest BCUT2D eigenvalue weighted by Crippen LogP contribution is 2.20. The van der Waals surface area contributed by atoms with E-state index in [2.05, 4.69) is 9.97 Å². The standard InChI is InChI=1S/C12H12ClN3O2/c1-16(2)12-14-7-10(11(17)15-12)18-9-5-3-8(13)4-6-9/h3-7H,1-2H3,(H,14,15,17). The highest BCUT2D eigenvalue weighted by molar-refractivity contribution is 6.30. The molecule has 0 unspecified atom stereocenters. The van der Waals surface area contributed by atoms with Crippen LogP contribution in [-0.4, -0.2) is 24.1 Å². The van der Waals surface area contributed by atoms with Crippen molar-refractivity contribution >= 4 is 17.5 Å². The zero-order valence-corrected chi connectivity index (χ0v) is 10.7. The third kappa shape index (κ3) is 2.81. The lowest BCUT2D eigenvalue weighted by molar-refractivity contribution is 0.472. The SMILES string of the molecule is CN(C)c1ncc(Oc2ccc(Cl)cc2)c(=O)[nH]1. The van der Waals surface area contributed by atoms with E-state index in [1.807, 2.05) is 0 Å². The minimum absolute atomic E-state index is 0.142. The fourth-order valence-corrected chi connectivity index (χ4v) is 1.43. The largest absolute Gasteiger partial charge is 0.450 e. The summed E-state index contributed by atoms with van der Waals surface area (Å²) in [6.45, 7) is 0. The van der Waals surface area contributed by atoms with Crippen LogP contribution in [0.5, 0.6) is 11.5 Å². The average Bonchev–Trinajstić information content (AvgIpc) is 2.34. The van der Waals surface area contributed by atoms with Gasteiger partial charge in [0, 0.05) is 19.1 Å². The van der Waals surface area contributed by atoms with Crippen molar-refractivity contribution < 1.29 is 4.74 Å². The second-order valence-corrected chi connectivity index (χ2v) is 4.29. The Morgan fingerprint density at radius 3 is 2.50 bits per heavy atom. The number of aromatic nitrogens is 2. The van der Waals surface area contributed by atoms with E-state index in [0.29, 0.717) is 16.7 Å². The minimum Gasteiger partial charge on any atom is -0.450 e. The predicted molar refractivity (Wildman–Crippen MR) is 70.7 cm³/mol. The van der Waals surface area contributed by atoms with Gasteiger partial charge in [-0.05, 0) is 24.3 Å². The zero-order valence-electron chi connectivity index (χ0n) is 9.98. The summed E-state index contributed by atoms with van der Waals surface area (Å²) in [6, 6.07) is 6.74. The van der Waals surface area contributed by atoms with Crippen LogP contribution in [0.15, 0.2) is 35.3 Å². The molecule has 0 amide bonds. The van der Waals surface area contributed by atoms with Crippen LogP contribution in [0, 0.1) is 0 Å². The molecular formula is C12H12ClN3O2. The van der Waals surface area contributed by atoms with Gasteiger partial charge in [0.25, 0.3) is 5.56 Å². The number of anilines is 1. The molecule has 18 heavy (non-hydrogen) atoms. The molecule has 0 fully saturated rings. The monoisotopic (exact) mass is 265 g/mol. The Bertz CT molecular complexity index is 593. The molecule has 5 nitrogen and oxygen atoms in total. The Labute approximate surface area is 109 Å². The van der Waals surface area contributed by atoms with Crippen LogP contribution in [0.3, 0.4) is 0 Å². The molecule has 0 radical (unpaired) electrons. The summed E-state index contributed by atoms with van der Waals surface area (Å²) in [5, 5.41) is 0.609. The minimum atomic E-state index is -0.330. The highest BCUT2D eigenvalue weighted by atomic mass is 35.5. The summed E-state index contributed by atoms with van der Waals surface area (Å²) < 4.78 is 5.42. The molecule has 0 bridgehead atoms. The number of ether oxygens (including phenoxy) is 1. The van der Waals surface area contributed by atoms with Crippen molar-refractivity contribution in [3.8, 4) is 11.5 Å². The molecule has 0 aliphatic carbocycles. The van der Waals surface area contributed by atoms with Crippen molar-refractivity contribution in [3.63, 3.8) is 0 Å². The van der Waals surface area contributed by atoms with Crippen LogP contribution in [0.4, 0.5) is 5.95 Å². The van der Waals surface area contributed by atoms with Gasteiger partial charge in [-0.2, -0.15) is 0 Å². The lowest BCUT2D eigenvalue weighted by Gasteiger charge is -2.10. The summed E-state index contributed by atoms with van der Waals surface area (Å²) in [5.41, 5.74) is -0.330. The van der Waals surface area contributed by atoms with Crippen LogP contribution in [0.25, 0.3) is 0 Å². The molecule has 0 aliphatic heterocycles. The molecule has 6 heteroatoms. The lowest BCUT2D eigenvalue weighted by Crippen LogP contribution is -2.18. The van der Waals surface area contributed by atoms with E-state index in [0.717, 1.165) is 0 Å². The number of H-pyrrole nitrogens is 1. The van der Waals surface area contributed by atoms with Crippen molar-refractivity contribution in [3.05, 3.63) is 45.8 Å². The molecule has 1 aromatic carbocycles. The molecule has 1 N–H and O–H groups in total. The smallest absolute Gasteiger partial charge is 0.295 e. The van der Waals surface area contributed by atoms with Crippen LogP contribution in [-0.2, 0) is 0 Å². The maximum Gasteiger partial charge on any atom is 0.295 e. The Hall–Kier alpha value is -2.01. The Morgan fingerprint density at radius 1 is 1.28 bits per heavy atom. The fraction of sp³-hybridized carbons (Fsp3) is 0.167. The maximum absolute atomic E-state index is 11.7. The maximum atomic E-state index is 11.7. The second kappa shape index (κ2) is 5.10. The van der Waals surface area contributed by atoms with Crippen molar-refractivity contribution in [2.45, 2.75) is 0 Å². The molecule has 0 aliphatic rings. The number of aromatic amines is 1. The highest BCUT2D eigenvalue weighted by Gasteiger charge is 2.06. The number of hydrogen-bond donors (Lipinski definition) is 1. The van der Waals surface area contributed by atoms with Crippen LogP contribution >= 0.6 is 11.6 Å². The number of hydrogen-bond acceptors (Lipinski definition) is 4. The summed E-state index contributed by atoms with van der Waals surface area (Å²) in [6.07, 6.45) is 1.39. The first-order chi connectivity index (χ1) is 8.56. The Morgan fingerprint density at radius 2 is 1.94 bits per heavy atom. The van der Waals surface area contributed by atoms with Gasteiger partial charge in [-0.25, -0.2) is 4.98 Å². The average molecular weight is 266 g/mol. The molecule has 1 aromatic heterocycles. The normalized spacial score (nSPS) is 10.2. The van der Waals surface area contributed by atoms with Gasteiger partial charge in [-0.1, -0.05) is 11.6 Å². The summed E-state index contributed by atoms with van der Waals surface area (Å²) in [7, 11) is 3.58. The second-order valence-electron chi connectivity index (χ2n) is 3.85. The molecule has 0 saturated carbocycles. The first kappa shape index (κ1) is 12.4. The quantitative estimate of drug-likeness (QED) is 0.925. The van der Waals surface area contributed by atoms with Crippen molar-refractivity contribution in [2.24, 2.45) is 0 Å². The Kier molecular flexibility index (Phi) is 3.53.